The van der Waals surface area contributed by atoms with Gasteiger partial charge in [-0.05, 0) is 6.42 Å². The number of hydrogen-bond donors (Lipinski definition) is 0. The fourth-order valence-electron chi connectivity index (χ4n) is 0.495. The van der Waals surface area contributed by atoms with Crippen LogP contribution >= 0.6 is 0 Å². The van der Waals surface area contributed by atoms with Crippen molar-refractivity contribution in [2.75, 3.05) is 0 Å². The second-order valence-electron chi connectivity index (χ2n) is 2.72. The van der Waals surface area contributed by atoms with Crippen LogP contribution < -0.4 is 0 Å². The van der Waals surface area contributed by atoms with Crippen molar-refractivity contribution < 1.29 is 37.6 Å². The van der Waals surface area contributed by atoms with Crippen molar-refractivity contribution in [1.29, 1.82) is 0 Å². The second kappa shape index (κ2) is 18.1. The number of carbonyl (C=O) groups excluding carboxylic acids is 2. The van der Waals surface area contributed by atoms with Gasteiger partial charge < -0.3 is 16.9 Å². The molecule has 0 rings (SSSR count). The molecule has 5 heteroatoms. The number of ether oxygens (including phenoxy) is 2. The predicted molar refractivity (Wildman–Crippen MR) is 68.6 cm³/mol. The Bertz CT molecular complexity index is 262. The topological polar surface area (TPSA) is 52.6 Å². The fraction of sp³-hybridized carbons (Fsp3) is 0.308. The molecule has 18 heavy (non-hydrogen) atoms. The molecule has 0 aromatic heterocycles. The summed E-state index contributed by atoms with van der Waals surface area (Å²) in [5, 5.41) is 0. The average molecular weight is 292 g/mol. The van der Waals surface area contributed by atoms with Crippen LogP contribution in [0, 0.1) is 13.3 Å². The standard InChI is InChI=1S/C7H12O2.C5H6O2.CH3.V/c1-4-6(3)7(8)9-5-2;1-3-5(6)7-4-2;;/h5-6H,2,4H2,1,3H3;3-4H,1-2H2;1H3;/q;;-1;. The van der Waals surface area contributed by atoms with E-state index in [4.69, 9.17) is 0 Å². The molecular weight excluding hydrogens is 271 g/mol. The minimum Gasteiger partial charge on any atom is -0.435 e. The fourth-order valence-corrected chi connectivity index (χ4v) is 0.495. The van der Waals surface area contributed by atoms with Crippen LogP contribution in [0.25, 0.3) is 0 Å². The molecule has 0 N–H and O–H groups in total. The van der Waals surface area contributed by atoms with Gasteiger partial charge in [0.15, 0.2) is 0 Å². The third kappa shape index (κ3) is 17.1. The van der Waals surface area contributed by atoms with Gasteiger partial charge in [0.2, 0.25) is 0 Å². The van der Waals surface area contributed by atoms with Crippen LogP contribution in [-0.4, -0.2) is 11.9 Å². The molecule has 0 amide bonds. The van der Waals surface area contributed by atoms with Gasteiger partial charge in [0, 0.05) is 24.6 Å². The monoisotopic (exact) mass is 292 g/mol. The summed E-state index contributed by atoms with van der Waals surface area (Å²) < 4.78 is 8.72. The molecule has 0 aromatic rings. The Hall–Kier alpha value is -1.26. The maximum absolute atomic E-state index is 10.7. The number of esters is 2. The van der Waals surface area contributed by atoms with Crippen molar-refractivity contribution in [1.82, 2.24) is 0 Å². The summed E-state index contributed by atoms with van der Waals surface area (Å²) in [6.07, 6.45) is 4.10. The summed E-state index contributed by atoms with van der Waals surface area (Å²) in [6.45, 7) is 13.4. The Morgan fingerprint density at radius 1 is 1.17 bits per heavy atom. The van der Waals surface area contributed by atoms with E-state index in [1.54, 1.807) is 0 Å². The van der Waals surface area contributed by atoms with Crippen LogP contribution in [0.4, 0.5) is 0 Å². The first-order chi connectivity index (χ1) is 7.53. The average Bonchev–Trinajstić information content (AvgIpc) is 2.29. The van der Waals surface area contributed by atoms with Crippen LogP contribution in [0.3, 0.4) is 0 Å². The molecule has 1 unspecified atom stereocenters. The molecule has 0 saturated carbocycles. The molecule has 0 aliphatic rings. The zero-order valence-corrected chi connectivity index (χ0v) is 12.6. The van der Waals surface area contributed by atoms with Crippen molar-refractivity contribution >= 4 is 11.9 Å². The van der Waals surface area contributed by atoms with Gasteiger partial charge in [-0.25, -0.2) is 4.79 Å². The van der Waals surface area contributed by atoms with E-state index in [-0.39, 0.29) is 37.9 Å². The summed E-state index contributed by atoms with van der Waals surface area (Å²) >= 11 is 0. The Labute approximate surface area is 122 Å². The molecule has 1 atom stereocenters. The quantitative estimate of drug-likeness (QED) is 0.338. The summed E-state index contributed by atoms with van der Waals surface area (Å²) in [5.74, 6) is -0.689. The van der Waals surface area contributed by atoms with E-state index < -0.39 is 5.97 Å². The van der Waals surface area contributed by atoms with Crippen LogP contribution in [0.5, 0.6) is 0 Å². The molecule has 0 aliphatic heterocycles. The van der Waals surface area contributed by atoms with E-state index in [1.807, 2.05) is 13.8 Å². The maximum Gasteiger partial charge on any atom is 0.334 e. The van der Waals surface area contributed by atoms with E-state index in [2.05, 4.69) is 29.2 Å². The number of rotatable bonds is 5. The minimum absolute atomic E-state index is 0. The third-order valence-corrected chi connectivity index (χ3v) is 1.58. The first kappa shape index (κ1) is 25.6. The Morgan fingerprint density at radius 2 is 1.61 bits per heavy atom. The maximum atomic E-state index is 10.7. The van der Waals surface area contributed by atoms with E-state index in [1.165, 1.54) is 0 Å². The smallest absolute Gasteiger partial charge is 0.334 e. The number of hydrogen-bond acceptors (Lipinski definition) is 4. The molecule has 0 saturated heterocycles. The molecule has 0 aliphatic carbocycles. The SMILES string of the molecule is C=COC(=O)C(C)CC.C=COC(=O)C=C.[CH3-].[V]. The van der Waals surface area contributed by atoms with Crippen LogP contribution in [0.2, 0.25) is 0 Å². The zero-order chi connectivity index (χ0) is 13.0. The minimum atomic E-state index is -0.477. The van der Waals surface area contributed by atoms with Crippen LogP contribution in [0.1, 0.15) is 20.3 Å². The van der Waals surface area contributed by atoms with Crippen molar-refractivity contribution in [3.63, 3.8) is 0 Å². The van der Waals surface area contributed by atoms with Gasteiger partial charge in [-0.2, -0.15) is 0 Å². The van der Waals surface area contributed by atoms with Crippen molar-refractivity contribution in [2.45, 2.75) is 20.3 Å². The van der Waals surface area contributed by atoms with Gasteiger partial charge >= 0.3 is 11.9 Å². The Kier molecular flexibility index (Phi) is 25.7. The summed E-state index contributed by atoms with van der Waals surface area (Å²) in [7, 11) is 0. The van der Waals surface area contributed by atoms with Crippen LogP contribution in [-0.2, 0) is 37.6 Å². The van der Waals surface area contributed by atoms with Gasteiger partial charge in [-0.15, -0.1) is 0 Å². The van der Waals surface area contributed by atoms with Gasteiger partial charge in [0.05, 0.1) is 18.4 Å². The summed E-state index contributed by atoms with van der Waals surface area (Å²) in [5.41, 5.74) is 0. The van der Waals surface area contributed by atoms with Crippen molar-refractivity contribution in [3.8, 4) is 0 Å². The van der Waals surface area contributed by atoms with Gasteiger partial charge in [0.1, 0.15) is 0 Å². The number of carbonyl (C=O) groups is 2. The normalized spacial score (nSPS) is 8.78. The molecule has 1 radical (unpaired) electrons. The molecule has 0 spiro atoms. The molecule has 103 valence electrons. The Morgan fingerprint density at radius 3 is 1.83 bits per heavy atom. The summed E-state index contributed by atoms with van der Waals surface area (Å²) in [4.78, 5) is 20.7. The zero-order valence-electron chi connectivity index (χ0n) is 11.2. The first-order valence-corrected chi connectivity index (χ1v) is 4.78. The Balaban J connectivity index is -0.000000100. The van der Waals surface area contributed by atoms with Gasteiger partial charge in [-0.3, -0.25) is 4.79 Å². The molecule has 4 nitrogen and oxygen atoms in total. The second-order valence-corrected chi connectivity index (χ2v) is 2.72. The van der Waals surface area contributed by atoms with E-state index >= 15 is 0 Å². The first-order valence-electron chi connectivity index (χ1n) is 4.78. The molecule has 0 aromatic carbocycles. The molecule has 0 bridgehead atoms. The van der Waals surface area contributed by atoms with Gasteiger partial charge in [0.25, 0.3) is 0 Å². The molecule has 0 heterocycles. The predicted octanol–water partition coefficient (Wildman–Crippen LogP) is 3.03. The van der Waals surface area contributed by atoms with E-state index in [0.717, 1.165) is 25.0 Å². The molecular formula is C13H21O4V-. The van der Waals surface area contributed by atoms with Crippen LogP contribution in [0.15, 0.2) is 38.3 Å². The third-order valence-electron chi connectivity index (χ3n) is 1.58. The van der Waals surface area contributed by atoms with Gasteiger partial charge in [-0.1, -0.05) is 33.6 Å². The largest absolute Gasteiger partial charge is 0.435 e. The van der Waals surface area contributed by atoms with E-state index in [0.29, 0.717) is 0 Å². The van der Waals surface area contributed by atoms with Crippen molar-refractivity contribution in [3.05, 3.63) is 45.8 Å². The van der Waals surface area contributed by atoms with Crippen molar-refractivity contribution in [2.24, 2.45) is 5.92 Å². The molecule has 0 fully saturated rings. The summed E-state index contributed by atoms with van der Waals surface area (Å²) in [6, 6.07) is 0. The van der Waals surface area contributed by atoms with E-state index in [9.17, 15) is 9.59 Å².